The summed E-state index contributed by atoms with van der Waals surface area (Å²) in [5.74, 6) is 3.21. The summed E-state index contributed by atoms with van der Waals surface area (Å²) < 4.78 is 25.2. The lowest BCUT2D eigenvalue weighted by atomic mass is 9.65. The first kappa shape index (κ1) is 85.9. The zero-order chi connectivity index (χ0) is 86.9. The molecule has 4 nitrogen and oxygen atoms in total. The van der Waals surface area contributed by atoms with Gasteiger partial charge >= 0.3 is 0 Å². The quantitative estimate of drug-likeness (QED) is 0.0563. The second-order valence-corrected chi connectivity index (χ2v) is 39.1. The smallest absolute Gasteiger partial charge is 0.179 e. The Labute approximate surface area is 739 Å². The average Bonchev–Trinajstić information content (AvgIpc) is 1.50. The lowest BCUT2D eigenvalue weighted by Crippen LogP contribution is -2.74. The minimum Gasteiger partial charge on any atom is -0.493 e. The Bertz CT molecular complexity index is 5330. The summed E-state index contributed by atoms with van der Waals surface area (Å²) >= 11 is 0. The number of ether oxygens (including phenoxy) is 4. The average molecular weight is 1640 g/mol. The van der Waals surface area contributed by atoms with Crippen LogP contribution in [0.3, 0.4) is 0 Å². The van der Waals surface area contributed by atoms with E-state index in [0.717, 1.165) is 23.0 Å². The summed E-state index contributed by atoms with van der Waals surface area (Å²) in [6.07, 6.45) is 0. The number of rotatable bonds is 20. The van der Waals surface area contributed by atoms with Gasteiger partial charge in [-0.25, -0.2) is 0 Å². The fourth-order valence-corrected chi connectivity index (χ4v) is 22.5. The number of hydrogen-bond donors (Lipinski definition) is 0. The summed E-state index contributed by atoms with van der Waals surface area (Å²) in [6, 6.07) is 133. The van der Waals surface area contributed by atoms with Crippen LogP contribution in [0.5, 0.6) is 23.0 Å². The molecule has 0 aromatic heterocycles. The molecule has 2 aliphatic rings. The van der Waals surface area contributed by atoms with Crippen molar-refractivity contribution >= 4 is 28.8 Å². The largest absolute Gasteiger partial charge is 0.493 e. The predicted octanol–water partition coefficient (Wildman–Crippen LogP) is 26.4. The second kappa shape index (κ2) is 37.3. The van der Waals surface area contributed by atoms with E-state index in [0.29, 0.717) is 26.4 Å². The minimum atomic E-state index is -2.39. The standard InChI is InChI=1S/C33H36O4.C29H24.C29H28.C28H28Si/c1-25-5-13-29(14-6-25)34-21-33(22-35-30-15-7-26(2)8-16-30,23-36-31-17-9-27(3)10-18-31)24-37-32-19-11-28(4)12-20-32;1-17-5-9-21-22-10-6-18(2)14-26(22)29(25(21)13-17)27-15-19(3)7-11-23(27)24-12-8-20(4)16-28(24)29;2*1-21-5-13-25(14-6-21)29(26-15-7-22(2)8-16-26,27-17-9-23(3)10-18-27)28-19-11-24(4)12-20-28/h5-20H,21-24H2,1-4H3;5-16H,1-4H3;2*5-20H,1-4H3. The van der Waals surface area contributed by atoms with Crippen LogP contribution in [-0.4, -0.2) is 34.5 Å². The van der Waals surface area contributed by atoms with Crippen LogP contribution in [0.4, 0.5) is 0 Å². The van der Waals surface area contributed by atoms with Gasteiger partial charge in [0.05, 0.1) is 10.8 Å². The van der Waals surface area contributed by atoms with Crippen molar-refractivity contribution in [1.82, 2.24) is 0 Å². The Morgan fingerprint density at radius 3 is 0.516 bits per heavy atom. The van der Waals surface area contributed by atoms with Crippen molar-refractivity contribution in [3.05, 3.63) is 498 Å². The molecule has 124 heavy (non-hydrogen) atoms. The Kier molecular flexibility index (Phi) is 25.9. The van der Waals surface area contributed by atoms with Gasteiger partial charge in [0.1, 0.15) is 54.8 Å². The third kappa shape index (κ3) is 18.4. The van der Waals surface area contributed by atoms with Gasteiger partial charge in [-0.1, -0.05) is 404 Å². The molecule has 0 radical (unpaired) electrons. The van der Waals surface area contributed by atoms with E-state index in [4.69, 9.17) is 18.9 Å². The van der Waals surface area contributed by atoms with Crippen molar-refractivity contribution in [1.29, 1.82) is 0 Å². The molecule has 16 aromatic carbocycles. The number of hydrogen-bond acceptors (Lipinski definition) is 4. The predicted molar refractivity (Wildman–Crippen MR) is 524 cm³/mol. The molecule has 2 aliphatic carbocycles. The topological polar surface area (TPSA) is 36.9 Å². The van der Waals surface area contributed by atoms with E-state index >= 15 is 0 Å². The highest BCUT2D eigenvalue weighted by atomic mass is 28.3. The van der Waals surface area contributed by atoms with Crippen molar-refractivity contribution in [3.63, 3.8) is 0 Å². The fourth-order valence-electron chi connectivity index (χ4n) is 17.8. The molecule has 18 rings (SSSR count). The van der Waals surface area contributed by atoms with E-state index < -0.39 is 13.5 Å². The van der Waals surface area contributed by atoms with E-state index in [1.54, 1.807) is 0 Å². The zero-order valence-corrected chi connectivity index (χ0v) is 76.1. The van der Waals surface area contributed by atoms with E-state index in [-0.39, 0.29) is 10.8 Å². The molecule has 0 saturated carbocycles. The summed E-state index contributed by atoms with van der Waals surface area (Å²) in [6.45, 7) is 35.8. The first-order valence-electron chi connectivity index (χ1n) is 43.7. The molecule has 5 heteroatoms. The Hall–Kier alpha value is -13.1. The number of aryl methyl sites for hydroxylation is 16. The van der Waals surface area contributed by atoms with Crippen LogP contribution in [0.25, 0.3) is 22.3 Å². The second-order valence-electron chi connectivity index (χ2n) is 35.3. The molecule has 0 heterocycles. The third-order valence-corrected chi connectivity index (χ3v) is 29.8. The van der Waals surface area contributed by atoms with Gasteiger partial charge in [-0.05, 0) is 247 Å². The maximum Gasteiger partial charge on any atom is 0.179 e. The first-order valence-corrected chi connectivity index (χ1v) is 45.7. The van der Waals surface area contributed by atoms with Crippen LogP contribution in [0.1, 0.15) is 134 Å². The minimum absolute atomic E-state index is 0.217. The molecule has 0 fully saturated rings. The van der Waals surface area contributed by atoms with Gasteiger partial charge in [-0.15, -0.1) is 0 Å². The molecule has 0 saturated heterocycles. The molecule has 16 aromatic rings. The van der Waals surface area contributed by atoms with Crippen LogP contribution in [0, 0.1) is 116 Å². The van der Waals surface area contributed by atoms with Crippen LogP contribution >= 0.6 is 0 Å². The van der Waals surface area contributed by atoms with Gasteiger partial charge in [0.25, 0.3) is 0 Å². The van der Waals surface area contributed by atoms with Gasteiger partial charge in [-0.2, -0.15) is 0 Å². The van der Waals surface area contributed by atoms with Gasteiger partial charge < -0.3 is 18.9 Å². The summed E-state index contributed by atoms with van der Waals surface area (Å²) in [5.41, 5.74) is 35.6. The van der Waals surface area contributed by atoms with E-state index in [2.05, 4.69) is 378 Å². The van der Waals surface area contributed by atoms with Gasteiger partial charge in [0.15, 0.2) is 8.07 Å². The fraction of sp³-hybridized carbons (Fsp3) is 0.193. The molecular formula is C119H116O4Si. The monoisotopic (exact) mass is 1640 g/mol. The van der Waals surface area contributed by atoms with Gasteiger partial charge in [-0.3, -0.25) is 0 Å². The Morgan fingerprint density at radius 2 is 0.339 bits per heavy atom. The molecule has 0 unspecified atom stereocenters. The van der Waals surface area contributed by atoms with Crippen molar-refractivity contribution in [2.75, 3.05) is 26.4 Å². The highest BCUT2D eigenvalue weighted by Gasteiger charge is 2.52. The van der Waals surface area contributed by atoms with Crippen molar-refractivity contribution < 1.29 is 18.9 Å². The van der Waals surface area contributed by atoms with Crippen molar-refractivity contribution in [3.8, 4) is 45.3 Å². The summed E-state index contributed by atoms with van der Waals surface area (Å²) in [4.78, 5) is 0. The SMILES string of the molecule is Cc1ccc(C(c2ccc(C)cc2)(c2ccc(C)cc2)c2ccc(C)cc2)cc1.Cc1ccc(OCC(COc2ccc(C)cc2)(COc2ccc(C)cc2)COc2ccc(C)cc2)cc1.Cc1ccc([Si](c2ccc(C)cc2)(c2ccc(C)cc2)c2ccc(C)cc2)cc1.Cc1ccc2c(c1)C1(c3cc(C)ccc3-2)c2cc(C)ccc2-c2ccc(C)cc21. The van der Waals surface area contributed by atoms with E-state index in [9.17, 15) is 0 Å². The highest BCUT2D eigenvalue weighted by molar-refractivity contribution is 7.19. The van der Waals surface area contributed by atoms with Gasteiger partial charge in [0, 0.05) is 0 Å². The van der Waals surface area contributed by atoms with E-state index in [1.165, 1.54) is 177 Å². The highest BCUT2D eigenvalue weighted by Crippen LogP contribution is 2.63. The first-order chi connectivity index (χ1) is 59.9. The molecular weight excluding hydrogens is 1520 g/mol. The van der Waals surface area contributed by atoms with Crippen molar-refractivity contribution in [2.24, 2.45) is 5.41 Å². The normalized spacial score (nSPS) is 12.1. The molecule has 0 amide bonds. The molecule has 0 N–H and O–H groups in total. The Morgan fingerprint density at radius 1 is 0.185 bits per heavy atom. The zero-order valence-electron chi connectivity index (χ0n) is 75.1. The summed E-state index contributed by atoms with van der Waals surface area (Å²) in [5, 5.41) is 5.72. The molecule has 1 spiro atoms. The van der Waals surface area contributed by atoms with Crippen LogP contribution in [0.15, 0.2) is 364 Å². The molecule has 0 aliphatic heterocycles. The number of benzene rings is 16. The maximum absolute atomic E-state index is 6.31. The van der Waals surface area contributed by atoms with Crippen LogP contribution in [0.2, 0.25) is 0 Å². The molecule has 0 bridgehead atoms. The van der Waals surface area contributed by atoms with Crippen molar-refractivity contribution in [2.45, 2.75) is 122 Å². The molecule has 620 valence electrons. The van der Waals surface area contributed by atoms with Crippen LogP contribution < -0.4 is 39.7 Å². The van der Waals surface area contributed by atoms with Gasteiger partial charge in [0.2, 0.25) is 0 Å². The lowest BCUT2D eigenvalue weighted by molar-refractivity contribution is -0.00353. The Balaban J connectivity index is 0.000000129. The van der Waals surface area contributed by atoms with Crippen LogP contribution in [-0.2, 0) is 10.8 Å². The molecule has 0 atom stereocenters. The third-order valence-electron chi connectivity index (χ3n) is 25.0. The summed E-state index contributed by atoms with van der Waals surface area (Å²) in [7, 11) is -2.39. The van der Waals surface area contributed by atoms with E-state index in [1.807, 2.05) is 97.1 Å². The lowest BCUT2D eigenvalue weighted by Gasteiger charge is -2.37. The maximum atomic E-state index is 6.31. The number of fused-ring (bicyclic) bond motifs is 10.